The highest BCUT2D eigenvalue weighted by Crippen LogP contribution is 2.15. The monoisotopic (exact) mass is 325 g/mol. The number of carbonyl (C=O) groups excluding carboxylic acids is 2. The average molecular weight is 325 g/mol. The zero-order valence-electron chi connectivity index (χ0n) is 13.4. The van der Waals surface area contributed by atoms with Gasteiger partial charge in [0, 0.05) is 12.1 Å². The molecule has 0 aromatic heterocycles. The maximum absolute atomic E-state index is 11.7. The number of carbonyl (C=O) groups is 2. The minimum atomic E-state index is -0.823. The predicted molar refractivity (Wildman–Crippen MR) is 91.6 cm³/mol. The molecule has 24 heavy (non-hydrogen) atoms. The molecule has 6 heteroatoms. The van der Waals surface area contributed by atoms with E-state index in [1.165, 1.54) is 6.21 Å². The van der Waals surface area contributed by atoms with Crippen LogP contribution < -0.4 is 15.5 Å². The van der Waals surface area contributed by atoms with Crippen LogP contribution in [0.15, 0.2) is 59.7 Å². The molecule has 0 aliphatic heterocycles. The van der Waals surface area contributed by atoms with Crippen molar-refractivity contribution in [3.05, 3.63) is 65.7 Å². The van der Waals surface area contributed by atoms with Gasteiger partial charge in [-0.15, -0.1) is 0 Å². The van der Waals surface area contributed by atoms with E-state index >= 15 is 0 Å². The van der Waals surface area contributed by atoms with Crippen LogP contribution >= 0.6 is 0 Å². The minimum absolute atomic E-state index is 0.282. The molecule has 0 aliphatic rings. The fourth-order valence-electron chi connectivity index (χ4n) is 1.94. The Kier molecular flexibility index (Phi) is 6.52. The van der Waals surface area contributed by atoms with E-state index in [1.54, 1.807) is 12.1 Å². The zero-order valence-corrected chi connectivity index (χ0v) is 13.4. The highest BCUT2D eigenvalue weighted by atomic mass is 16.5. The number of ether oxygens (including phenoxy) is 1. The molecular weight excluding hydrogens is 306 g/mol. The van der Waals surface area contributed by atoms with Crippen molar-refractivity contribution < 1.29 is 14.3 Å². The molecule has 0 saturated heterocycles. The molecule has 2 aromatic rings. The summed E-state index contributed by atoms with van der Waals surface area (Å²) in [6, 6.07) is 16.6. The summed E-state index contributed by atoms with van der Waals surface area (Å²) in [7, 11) is 0. The third kappa shape index (κ3) is 5.24. The van der Waals surface area contributed by atoms with Gasteiger partial charge in [-0.25, -0.2) is 5.43 Å². The van der Waals surface area contributed by atoms with E-state index < -0.39 is 11.8 Å². The molecule has 0 spiro atoms. The first-order chi connectivity index (χ1) is 11.7. The Labute approximate surface area is 140 Å². The molecule has 2 N–H and O–H groups in total. The fourth-order valence-corrected chi connectivity index (χ4v) is 1.94. The molecule has 2 rings (SSSR count). The highest BCUT2D eigenvalue weighted by Gasteiger charge is 2.11. The van der Waals surface area contributed by atoms with E-state index in [9.17, 15) is 9.59 Å². The average Bonchev–Trinajstić information content (AvgIpc) is 2.62. The van der Waals surface area contributed by atoms with Crippen LogP contribution in [0.2, 0.25) is 0 Å². The van der Waals surface area contributed by atoms with Crippen molar-refractivity contribution in [3.63, 3.8) is 0 Å². The normalized spacial score (nSPS) is 10.4. The number of benzene rings is 2. The van der Waals surface area contributed by atoms with Crippen LogP contribution in [0.1, 0.15) is 18.1 Å². The Morgan fingerprint density at radius 3 is 2.50 bits per heavy atom. The predicted octanol–water partition coefficient (Wildman–Crippen LogP) is 1.85. The van der Waals surface area contributed by atoms with Crippen LogP contribution in [0.3, 0.4) is 0 Å². The zero-order chi connectivity index (χ0) is 17.2. The Balaban J connectivity index is 1.85. The standard InChI is InChI=1S/C18H19N3O3/c1-2-24-16-11-7-6-10-15(16)13-20-21-18(23)17(22)19-12-14-8-4-3-5-9-14/h3-11,13H,2,12H2,1H3,(H,19,22)(H,21,23)/b20-13-. The summed E-state index contributed by atoms with van der Waals surface area (Å²) in [5, 5.41) is 6.32. The molecule has 0 atom stereocenters. The number of para-hydroxylation sites is 1. The quantitative estimate of drug-likeness (QED) is 0.483. The Morgan fingerprint density at radius 1 is 1.04 bits per heavy atom. The van der Waals surface area contributed by atoms with E-state index in [1.807, 2.05) is 49.4 Å². The van der Waals surface area contributed by atoms with Crippen LogP contribution in [0.25, 0.3) is 0 Å². The van der Waals surface area contributed by atoms with Crippen molar-refractivity contribution in [2.45, 2.75) is 13.5 Å². The van der Waals surface area contributed by atoms with Crippen molar-refractivity contribution >= 4 is 18.0 Å². The first-order valence-electron chi connectivity index (χ1n) is 7.57. The maximum atomic E-state index is 11.7. The Morgan fingerprint density at radius 2 is 1.75 bits per heavy atom. The van der Waals surface area contributed by atoms with Gasteiger partial charge in [-0.1, -0.05) is 42.5 Å². The van der Waals surface area contributed by atoms with Crippen LogP contribution in [0.4, 0.5) is 0 Å². The van der Waals surface area contributed by atoms with Gasteiger partial charge in [0.25, 0.3) is 0 Å². The third-order valence-corrected chi connectivity index (χ3v) is 3.09. The molecule has 0 saturated carbocycles. The lowest BCUT2D eigenvalue weighted by molar-refractivity contribution is -0.139. The molecular formula is C18H19N3O3. The fraction of sp³-hybridized carbons (Fsp3) is 0.167. The van der Waals surface area contributed by atoms with Gasteiger partial charge in [0.05, 0.1) is 12.8 Å². The van der Waals surface area contributed by atoms with Gasteiger partial charge in [-0.05, 0) is 24.6 Å². The first kappa shape index (κ1) is 17.2. The summed E-state index contributed by atoms with van der Waals surface area (Å²) in [4.78, 5) is 23.4. The van der Waals surface area contributed by atoms with Crippen LogP contribution in [0, 0.1) is 0 Å². The van der Waals surface area contributed by atoms with E-state index in [-0.39, 0.29) is 6.54 Å². The number of hydrazone groups is 1. The molecule has 124 valence electrons. The second-order valence-corrected chi connectivity index (χ2v) is 4.84. The van der Waals surface area contributed by atoms with Crippen LogP contribution in [-0.4, -0.2) is 24.6 Å². The lowest BCUT2D eigenvalue weighted by Gasteiger charge is -2.06. The van der Waals surface area contributed by atoms with E-state index in [4.69, 9.17) is 4.74 Å². The second kappa shape index (κ2) is 9.09. The van der Waals surface area contributed by atoms with Gasteiger partial charge in [0.15, 0.2) is 0 Å². The summed E-state index contributed by atoms with van der Waals surface area (Å²) in [5.74, 6) is -0.906. The number of nitrogens with zero attached hydrogens (tertiary/aromatic N) is 1. The molecule has 0 radical (unpaired) electrons. The Hall–Kier alpha value is -3.15. The van der Waals surface area contributed by atoms with Gasteiger partial charge >= 0.3 is 11.8 Å². The van der Waals surface area contributed by atoms with Crippen LogP contribution in [0.5, 0.6) is 5.75 Å². The molecule has 0 aliphatic carbocycles. The second-order valence-electron chi connectivity index (χ2n) is 4.84. The summed E-state index contributed by atoms with van der Waals surface area (Å²) < 4.78 is 5.45. The summed E-state index contributed by atoms with van der Waals surface area (Å²) in [5.41, 5.74) is 3.82. The highest BCUT2D eigenvalue weighted by molar-refractivity contribution is 6.35. The smallest absolute Gasteiger partial charge is 0.329 e. The van der Waals surface area contributed by atoms with E-state index in [0.29, 0.717) is 17.9 Å². The van der Waals surface area contributed by atoms with E-state index in [2.05, 4.69) is 15.8 Å². The van der Waals surface area contributed by atoms with Crippen molar-refractivity contribution in [2.75, 3.05) is 6.61 Å². The molecule has 0 fully saturated rings. The van der Waals surface area contributed by atoms with Crippen molar-refractivity contribution in [2.24, 2.45) is 5.10 Å². The van der Waals surface area contributed by atoms with Gasteiger partial charge in [-0.2, -0.15) is 5.10 Å². The molecule has 2 amide bonds. The van der Waals surface area contributed by atoms with Gasteiger partial charge < -0.3 is 10.1 Å². The van der Waals surface area contributed by atoms with Crippen molar-refractivity contribution in [1.29, 1.82) is 0 Å². The molecule has 0 bridgehead atoms. The minimum Gasteiger partial charge on any atom is -0.493 e. The maximum Gasteiger partial charge on any atom is 0.329 e. The van der Waals surface area contributed by atoms with Crippen molar-refractivity contribution in [3.8, 4) is 5.75 Å². The summed E-state index contributed by atoms with van der Waals surface area (Å²) in [6.07, 6.45) is 1.44. The number of rotatable bonds is 6. The summed E-state index contributed by atoms with van der Waals surface area (Å²) >= 11 is 0. The Bertz CT molecular complexity index is 714. The van der Waals surface area contributed by atoms with Crippen LogP contribution in [-0.2, 0) is 16.1 Å². The first-order valence-corrected chi connectivity index (χ1v) is 7.57. The molecule has 0 heterocycles. The lowest BCUT2D eigenvalue weighted by atomic mass is 10.2. The lowest BCUT2D eigenvalue weighted by Crippen LogP contribution is -2.37. The SMILES string of the molecule is CCOc1ccccc1/C=N\NC(=O)C(=O)NCc1ccccc1. The summed E-state index contributed by atoms with van der Waals surface area (Å²) in [6.45, 7) is 2.69. The number of hydrogen-bond acceptors (Lipinski definition) is 4. The number of nitrogens with one attached hydrogen (secondary N) is 2. The number of amides is 2. The van der Waals surface area contributed by atoms with Gasteiger partial charge in [0.2, 0.25) is 0 Å². The topological polar surface area (TPSA) is 79.8 Å². The molecule has 2 aromatic carbocycles. The molecule has 0 unspecified atom stereocenters. The van der Waals surface area contributed by atoms with E-state index in [0.717, 1.165) is 5.56 Å². The largest absolute Gasteiger partial charge is 0.493 e. The molecule has 6 nitrogen and oxygen atoms in total. The van der Waals surface area contributed by atoms with Crippen molar-refractivity contribution in [1.82, 2.24) is 10.7 Å². The third-order valence-electron chi connectivity index (χ3n) is 3.09. The number of hydrogen-bond donors (Lipinski definition) is 2. The van der Waals surface area contributed by atoms with Gasteiger partial charge in [0.1, 0.15) is 5.75 Å². The van der Waals surface area contributed by atoms with Gasteiger partial charge in [-0.3, -0.25) is 9.59 Å².